The monoisotopic (exact) mass is 291 g/mol. The highest BCUT2D eigenvalue weighted by Gasteiger charge is 2.23. The standard InChI is InChI=1S/C10H15BrClN3/c1-6(13)10(2,3)15-9-8(11)4-7(12)5-14-9/h4-6H,13H2,1-3H3,(H,14,15). The summed E-state index contributed by atoms with van der Waals surface area (Å²) < 4.78 is 0.837. The average Bonchev–Trinajstić information content (AvgIpc) is 2.09. The molecule has 0 aliphatic rings. The Morgan fingerprint density at radius 3 is 2.67 bits per heavy atom. The van der Waals surface area contributed by atoms with Gasteiger partial charge >= 0.3 is 0 Å². The molecule has 0 saturated carbocycles. The van der Waals surface area contributed by atoms with Crippen LogP contribution in [0.2, 0.25) is 5.02 Å². The van der Waals surface area contributed by atoms with Crippen LogP contribution in [0.25, 0.3) is 0 Å². The maximum Gasteiger partial charge on any atom is 0.140 e. The van der Waals surface area contributed by atoms with Crippen LogP contribution in [0, 0.1) is 0 Å². The van der Waals surface area contributed by atoms with Crippen LogP contribution in [0.15, 0.2) is 16.7 Å². The van der Waals surface area contributed by atoms with Gasteiger partial charge in [0.05, 0.1) is 9.50 Å². The lowest BCUT2D eigenvalue weighted by atomic mass is 9.97. The molecule has 84 valence electrons. The molecule has 1 rings (SSSR count). The number of rotatable bonds is 3. The highest BCUT2D eigenvalue weighted by Crippen LogP contribution is 2.26. The van der Waals surface area contributed by atoms with Crippen LogP contribution in [0.4, 0.5) is 5.82 Å². The lowest BCUT2D eigenvalue weighted by Gasteiger charge is -2.31. The fraction of sp³-hybridized carbons (Fsp3) is 0.500. The van der Waals surface area contributed by atoms with Crippen molar-refractivity contribution in [3.8, 4) is 0 Å². The van der Waals surface area contributed by atoms with E-state index in [1.807, 2.05) is 20.8 Å². The van der Waals surface area contributed by atoms with Gasteiger partial charge in [-0.15, -0.1) is 0 Å². The first-order valence-electron chi connectivity index (χ1n) is 4.68. The van der Waals surface area contributed by atoms with E-state index in [0.29, 0.717) is 5.02 Å². The van der Waals surface area contributed by atoms with E-state index in [0.717, 1.165) is 10.3 Å². The molecule has 3 nitrogen and oxygen atoms in total. The summed E-state index contributed by atoms with van der Waals surface area (Å²) in [6.45, 7) is 6.01. The van der Waals surface area contributed by atoms with Gasteiger partial charge in [0.25, 0.3) is 0 Å². The lowest BCUT2D eigenvalue weighted by Crippen LogP contribution is -2.47. The van der Waals surface area contributed by atoms with Crippen LogP contribution in [0.3, 0.4) is 0 Å². The van der Waals surface area contributed by atoms with Gasteiger partial charge < -0.3 is 11.1 Å². The summed E-state index contributed by atoms with van der Waals surface area (Å²) in [5.74, 6) is 0.752. The van der Waals surface area contributed by atoms with Crippen molar-refractivity contribution in [1.29, 1.82) is 0 Å². The number of hydrogen-bond donors (Lipinski definition) is 2. The molecule has 1 aromatic rings. The number of nitrogens with two attached hydrogens (primary N) is 1. The van der Waals surface area contributed by atoms with Gasteiger partial charge in [0.1, 0.15) is 5.82 Å². The van der Waals surface area contributed by atoms with Crippen LogP contribution in [-0.2, 0) is 0 Å². The molecule has 0 aliphatic heterocycles. The second kappa shape index (κ2) is 4.68. The van der Waals surface area contributed by atoms with Crippen molar-refractivity contribution < 1.29 is 0 Å². The third-order valence-corrected chi connectivity index (χ3v) is 3.20. The van der Waals surface area contributed by atoms with Gasteiger partial charge in [-0.05, 0) is 42.8 Å². The second-order valence-corrected chi connectivity index (χ2v) is 5.41. The van der Waals surface area contributed by atoms with Crippen molar-refractivity contribution >= 4 is 33.3 Å². The maximum absolute atomic E-state index is 5.87. The van der Waals surface area contributed by atoms with Crippen LogP contribution in [-0.4, -0.2) is 16.6 Å². The molecule has 0 fully saturated rings. The van der Waals surface area contributed by atoms with Crippen LogP contribution < -0.4 is 11.1 Å². The molecular formula is C10H15BrClN3. The largest absolute Gasteiger partial charge is 0.363 e. The normalized spacial score (nSPS) is 13.7. The van der Waals surface area contributed by atoms with Crippen molar-refractivity contribution in [2.75, 3.05) is 5.32 Å². The zero-order valence-corrected chi connectivity index (χ0v) is 11.4. The maximum atomic E-state index is 5.87. The molecule has 15 heavy (non-hydrogen) atoms. The topological polar surface area (TPSA) is 50.9 Å². The number of pyridine rings is 1. The molecule has 0 radical (unpaired) electrons. The van der Waals surface area contributed by atoms with E-state index in [9.17, 15) is 0 Å². The Hall–Kier alpha value is -0.320. The first kappa shape index (κ1) is 12.7. The molecule has 0 amide bonds. The summed E-state index contributed by atoms with van der Waals surface area (Å²) in [6.07, 6.45) is 1.60. The smallest absolute Gasteiger partial charge is 0.140 e. The summed E-state index contributed by atoms with van der Waals surface area (Å²) in [5, 5.41) is 3.87. The summed E-state index contributed by atoms with van der Waals surface area (Å²) in [4.78, 5) is 4.20. The summed E-state index contributed by atoms with van der Waals surface area (Å²) in [5.41, 5.74) is 5.65. The number of anilines is 1. The predicted molar refractivity (Wildman–Crippen MR) is 68.3 cm³/mol. The molecule has 0 spiro atoms. The first-order valence-corrected chi connectivity index (χ1v) is 5.85. The highest BCUT2D eigenvalue weighted by molar-refractivity contribution is 9.10. The van der Waals surface area contributed by atoms with E-state index >= 15 is 0 Å². The minimum atomic E-state index is -0.219. The number of nitrogens with one attached hydrogen (secondary N) is 1. The number of halogens is 2. The van der Waals surface area contributed by atoms with Crippen molar-refractivity contribution in [3.05, 3.63) is 21.8 Å². The van der Waals surface area contributed by atoms with Crippen molar-refractivity contribution in [3.63, 3.8) is 0 Å². The van der Waals surface area contributed by atoms with Gasteiger partial charge in [-0.3, -0.25) is 0 Å². The molecule has 1 unspecified atom stereocenters. The van der Waals surface area contributed by atoms with Gasteiger partial charge in [0.2, 0.25) is 0 Å². The van der Waals surface area contributed by atoms with E-state index in [1.54, 1.807) is 12.3 Å². The summed E-state index contributed by atoms with van der Waals surface area (Å²) in [6, 6.07) is 1.82. The molecule has 1 atom stereocenters. The molecule has 1 heterocycles. The zero-order valence-electron chi connectivity index (χ0n) is 9.01. The van der Waals surface area contributed by atoms with Crippen molar-refractivity contribution in [2.45, 2.75) is 32.4 Å². The Bertz CT molecular complexity index is 353. The van der Waals surface area contributed by atoms with Gasteiger partial charge in [-0.25, -0.2) is 4.98 Å². The molecule has 0 aromatic carbocycles. The molecule has 3 N–H and O–H groups in total. The Morgan fingerprint density at radius 2 is 2.20 bits per heavy atom. The lowest BCUT2D eigenvalue weighted by molar-refractivity contribution is 0.469. The minimum absolute atomic E-state index is 0.0156. The highest BCUT2D eigenvalue weighted by atomic mass is 79.9. The van der Waals surface area contributed by atoms with Crippen molar-refractivity contribution in [1.82, 2.24) is 4.98 Å². The van der Waals surface area contributed by atoms with Crippen LogP contribution >= 0.6 is 27.5 Å². The van der Waals surface area contributed by atoms with Crippen molar-refractivity contribution in [2.24, 2.45) is 5.73 Å². The molecule has 5 heteroatoms. The number of hydrogen-bond acceptors (Lipinski definition) is 3. The number of nitrogens with zero attached hydrogens (tertiary/aromatic N) is 1. The molecule has 0 aliphatic carbocycles. The molecule has 0 saturated heterocycles. The zero-order chi connectivity index (χ0) is 11.6. The quantitative estimate of drug-likeness (QED) is 0.900. The van der Waals surface area contributed by atoms with E-state index in [2.05, 4.69) is 26.2 Å². The van der Waals surface area contributed by atoms with Gasteiger partial charge in [-0.2, -0.15) is 0 Å². The Balaban J connectivity index is 2.90. The van der Waals surface area contributed by atoms with E-state index in [-0.39, 0.29) is 11.6 Å². The Labute approximate surface area is 104 Å². The van der Waals surface area contributed by atoms with E-state index < -0.39 is 0 Å². The Kier molecular flexibility index (Phi) is 3.98. The Morgan fingerprint density at radius 1 is 1.60 bits per heavy atom. The number of aromatic nitrogens is 1. The molecule has 1 aromatic heterocycles. The fourth-order valence-corrected chi connectivity index (χ4v) is 1.66. The molecule has 0 bridgehead atoms. The van der Waals surface area contributed by atoms with E-state index in [1.165, 1.54) is 0 Å². The summed E-state index contributed by atoms with van der Waals surface area (Å²) >= 11 is 9.20. The van der Waals surface area contributed by atoms with Gasteiger partial charge in [-0.1, -0.05) is 11.6 Å². The fourth-order valence-electron chi connectivity index (χ4n) is 0.926. The average molecular weight is 293 g/mol. The van der Waals surface area contributed by atoms with E-state index in [4.69, 9.17) is 17.3 Å². The van der Waals surface area contributed by atoms with Gasteiger partial charge in [0.15, 0.2) is 0 Å². The second-order valence-electron chi connectivity index (χ2n) is 4.12. The summed E-state index contributed by atoms with van der Waals surface area (Å²) in [7, 11) is 0. The third-order valence-electron chi connectivity index (χ3n) is 2.39. The first-order chi connectivity index (χ1) is 6.83. The SMILES string of the molecule is CC(N)C(C)(C)Nc1ncc(Cl)cc1Br. The molecular weight excluding hydrogens is 277 g/mol. The van der Waals surface area contributed by atoms with Crippen LogP contribution in [0.5, 0.6) is 0 Å². The minimum Gasteiger partial charge on any atom is -0.363 e. The third kappa shape index (κ3) is 3.33. The van der Waals surface area contributed by atoms with Gasteiger partial charge in [0, 0.05) is 17.8 Å². The van der Waals surface area contributed by atoms with Crippen LogP contribution in [0.1, 0.15) is 20.8 Å². The predicted octanol–water partition coefficient (Wildman–Crippen LogP) is 3.04.